The van der Waals surface area contributed by atoms with E-state index in [1.165, 1.54) is 23.5 Å². The second-order valence-corrected chi connectivity index (χ2v) is 6.12. The second-order valence-electron chi connectivity index (χ2n) is 4.00. The average Bonchev–Trinajstić information content (AvgIpc) is 2.96. The third-order valence-electron chi connectivity index (χ3n) is 2.73. The standard InChI is InChI=1S/C13H7Cl2FN2OS/c14-8-5-6(16)1-2-7(8)11-12(18-19-13(11)17)9-3-4-10(15)20-9/h1-5H,17H2. The lowest BCUT2D eigenvalue weighted by molar-refractivity contribution is 0.439. The van der Waals surface area contributed by atoms with E-state index >= 15 is 0 Å². The van der Waals surface area contributed by atoms with Crippen LogP contribution in [-0.4, -0.2) is 5.16 Å². The van der Waals surface area contributed by atoms with Crippen molar-refractivity contribution in [1.82, 2.24) is 5.16 Å². The van der Waals surface area contributed by atoms with Crippen molar-refractivity contribution in [3.05, 3.63) is 45.5 Å². The first-order chi connectivity index (χ1) is 9.56. The van der Waals surface area contributed by atoms with E-state index in [1.807, 2.05) is 6.07 Å². The van der Waals surface area contributed by atoms with Crippen molar-refractivity contribution in [3.8, 4) is 21.7 Å². The number of halogens is 3. The molecule has 0 aliphatic rings. The van der Waals surface area contributed by atoms with E-state index in [-0.39, 0.29) is 10.9 Å². The summed E-state index contributed by atoms with van der Waals surface area (Å²) in [6, 6.07) is 7.63. The Bertz CT molecular complexity index is 785. The maximum atomic E-state index is 13.1. The van der Waals surface area contributed by atoms with Crippen molar-refractivity contribution >= 4 is 40.4 Å². The molecule has 0 saturated carbocycles. The molecule has 0 amide bonds. The summed E-state index contributed by atoms with van der Waals surface area (Å²) in [7, 11) is 0. The van der Waals surface area contributed by atoms with Crippen LogP contribution in [-0.2, 0) is 0 Å². The van der Waals surface area contributed by atoms with Crippen LogP contribution in [0.4, 0.5) is 10.3 Å². The van der Waals surface area contributed by atoms with E-state index in [2.05, 4.69) is 5.16 Å². The number of hydrogen-bond donors (Lipinski definition) is 1. The number of nitrogens with zero attached hydrogens (tertiary/aromatic N) is 1. The zero-order chi connectivity index (χ0) is 14.3. The first-order valence-electron chi connectivity index (χ1n) is 5.52. The van der Waals surface area contributed by atoms with Gasteiger partial charge in [-0.1, -0.05) is 28.4 Å². The molecule has 3 nitrogen and oxygen atoms in total. The molecule has 1 aromatic carbocycles. The normalized spacial score (nSPS) is 10.9. The molecule has 3 aromatic rings. The van der Waals surface area contributed by atoms with Gasteiger partial charge in [0.1, 0.15) is 11.5 Å². The monoisotopic (exact) mass is 328 g/mol. The second kappa shape index (κ2) is 5.09. The van der Waals surface area contributed by atoms with Crippen LogP contribution in [0.15, 0.2) is 34.9 Å². The van der Waals surface area contributed by atoms with Crippen molar-refractivity contribution in [2.75, 3.05) is 5.73 Å². The summed E-state index contributed by atoms with van der Waals surface area (Å²) in [5.74, 6) is -0.299. The molecule has 0 unspecified atom stereocenters. The highest BCUT2D eigenvalue weighted by molar-refractivity contribution is 7.19. The Hall–Kier alpha value is -1.56. The Morgan fingerprint density at radius 3 is 2.65 bits per heavy atom. The van der Waals surface area contributed by atoms with Crippen LogP contribution < -0.4 is 5.73 Å². The predicted molar refractivity (Wildman–Crippen MR) is 79.6 cm³/mol. The Balaban J connectivity index is 2.21. The summed E-state index contributed by atoms with van der Waals surface area (Å²) in [5, 5.41) is 4.18. The molecule has 7 heteroatoms. The molecule has 20 heavy (non-hydrogen) atoms. The summed E-state index contributed by atoms with van der Waals surface area (Å²) < 4.78 is 18.8. The maximum absolute atomic E-state index is 13.1. The van der Waals surface area contributed by atoms with Crippen molar-refractivity contribution in [2.24, 2.45) is 0 Å². The van der Waals surface area contributed by atoms with Gasteiger partial charge in [-0.15, -0.1) is 11.3 Å². The van der Waals surface area contributed by atoms with E-state index in [4.69, 9.17) is 33.5 Å². The van der Waals surface area contributed by atoms with E-state index in [9.17, 15) is 4.39 Å². The van der Waals surface area contributed by atoms with Crippen molar-refractivity contribution in [3.63, 3.8) is 0 Å². The van der Waals surface area contributed by atoms with Crippen LogP contribution in [0.5, 0.6) is 0 Å². The van der Waals surface area contributed by atoms with E-state index in [1.54, 1.807) is 12.1 Å². The topological polar surface area (TPSA) is 52.0 Å². The summed E-state index contributed by atoms with van der Waals surface area (Å²) in [4.78, 5) is 0.797. The van der Waals surface area contributed by atoms with Gasteiger partial charge in [0.05, 0.1) is 19.8 Å². The van der Waals surface area contributed by atoms with E-state index < -0.39 is 5.82 Å². The maximum Gasteiger partial charge on any atom is 0.230 e. The van der Waals surface area contributed by atoms with Crippen molar-refractivity contribution in [1.29, 1.82) is 0 Å². The van der Waals surface area contributed by atoms with Crippen LogP contribution in [0.3, 0.4) is 0 Å². The highest BCUT2D eigenvalue weighted by Gasteiger charge is 2.21. The molecule has 0 bridgehead atoms. The van der Waals surface area contributed by atoms with Gasteiger partial charge in [0.2, 0.25) is 5.88 Å². The van der Waals surface area contributed by atoms with Crippen LogP contribution in [0.1, 0.15) is 0 Å². The third-order valence-corrected chi connectivity index (χ3v) is 4.28. The fourth-order valence-corrected chi connectivity index (χ4v) is 3.16. The Morgan fingerprint density at radius 2 is 2.00 bits per heavy atom. The van der Waals surface area contributed by atoms with Gasteiger partial charge in [-0.3, -0.25) is 0 Å². The lowest BCUT2D eigenvalue weighted by Gasteiger charge is -2.04. The summed E-state index contributed by atoms with van der Waals surface area (Å²) in [6.07, 6.45) is 0. The van der Waals surface area contributed by atoms with Crippen LogP contribution >= 0.6 is 34.5 Å². The van der Waals surface area contributed by atoms with Gasteiger partial charge in [-0.25, -0.2) is 4.39 Å². The minimum atomic E-state index is -0.422. The first kappa shape index (κ1) is 13.4. The van der Waals surface area contributed by atoms with Gasteiger partial charge in [0.15, 0.2) is 0 Å². The zero-order valence-corrected chi connectivity index (χ0v) is 12.2. The largest absolute Gasteiger partial charge is 0.367 e. The number of nitrogen functional groups attached to an aromatic ring is 1. The lowest BCUT2D eigenvalue weighted by atomic mass is 10.0. The Morgan fingerprint density at radius 1 is 1.20 bits per heavy atom. The highest BCUT2D eigenvalue weighted by atomic mass is 35.5. The minimum absolute atomic E-state index is 0.123. The molecule has 0 saturated heterocycles. The van der Waals surface area contributed by atoms with Gasteiger partial charge in [0.25, 0.3) is 0 Å². The average molecular weight is 329 g/mol. The molecule has 2 aromatic heterocycles. The highest BCUT2D eigenvalue weighted by Crippen LogP contribution is 2.42. The van der Waals surface area contributed by atoms with Gasteiger partial charge in [-0.05, 0) is 30.3 Å². The van der Waals surface area contributed by atoms with Crippen molar-refractivity contribution < 1.29 is 8.91 Å². The molecule has 0 aliphatic heterocycles. The number of hydrogen-bond acceptors (Lipinski definition) is 4. The summed E-state index contributed by atoms with van der Waals surface area (Å²) in [6.45, 7) is 0. The number of nitrogens with two attached hydrogens (primary N) is 1. The minimum Gasteiger partial charge on any atom is -0.367 e. The van der Waals surface area contributed by atoms with Crippen LogP contribution in [0.2, 0.25) is 9.36 Å². The molecular weight excluding hydrogens is 322 g/mol. The molecule has 3 rings (SSSR count). The number of anilines is 1. The third kappa shape index (κ3) is 2.28. The van der Waals surface area contributed by atoms with Gasteiger partial charge in [0, 0.05) is 5.56 Å². The summed E-state index contributed by atoms with van der Waals surface area (Å²) >= 11 is 13.3. The van der Waals surface area contributed by atoms with E-state index in [0.717, 1.165) is 4.88 Å². The van der Waals surface area contributed by atoms with Gasteiger partial charge < -0.3 is 10.3 Å². The molecule has 0 aliphatic carbocycles. The fraction of sp³-hybridized carbons (Fsp3) is 0. The molecular formula is C13H7Cl2FN2OS. The molecule has 0 radical (unpaired) electrons. The first-order valence-corrected chi connectivity index (χ1v) is 7.10. The van der Waals surface area contributed by atoms with E-state index in [0.29, 0.717) is 21.2 Å². The molecule has 0 fully saturated rings. The predicted octanol–water partition coefficient (Wildman–Crippen LogP) is 5.10. The van der Waals surface area contributed by atoms with Gasteiger partial charge >= 0.3 is 0 Å². The van der Waals surface area contributed by atoms with Gasteiger partial charge in [-0.2, -0.15) is 0 Å². The molecule has 102 valence electrons. The number of benzene rings is 1. The Kier molecular flexibility index (Phi) is 3.41. The van der Waals surface area contributed by atoms with Crippen LogP contribution in [0, 0.1) is 5.82 Å². The smallest absolute Gasteiger partial charge is 0.230 e. The fourth-order valence-electron chi connectivity index (χ4n) is 1.87. The molecule has 0 spiro atoms. The number of thiophene rings is 1. The van der Waals surface area contributed by atoms with Crippen molar-refractivity contribution in [2.45, 2.75) is 0 Å². The SMILES string of the molecule is Nc1onc(-c2ccc(Cl)s2)c1-c1ccc(F)cc1Cl. The Labute approximate surface area is 127 Å². The quantitative estimate of drug-likeness (QED) is 0.712. The molecule has 2 N–H and O–H groups in total. The summed E-state index contributed by atoms with van der Waals surface area (Å²) in [5.41, 5.74) is 7.45. The molecule has 2 heterocycles. The molecule has 0 atom stereocenters. The number of aromatic nitrogens is 1. The zero-order valence-electron chi connectivity index (χ0n) is 9.86. The lowest BCUT2D eigenvalue weighted by Crippen LogP contribution is -1.88. The van der Waals surface area contributed by atoms with Crippen LogP contribution in [0.25, 0.3) is 21.7 Å². The number of rotatable bonds is 2.